The zero-order valence-corrected chi connectivity index (χ0v) is 16.5. The number of aromatic nitrogens is 2. The van der Waals surface area contributed by atoms with Gasteiger partial charge in [0.1, 0.15) is 11.6 Å². The van der Waals surface area contributed by atoms with Gasteiger partial charge in [-0.2, -0.15) is 0 Å². The van der Waals surface area contributed by atoms with E-state index in [0.717, 1.165) is 29.4 Å². The predicted octanol–water partition coefficient (Wildman–Crippen LogP) is 4.14. The maximum Gasteiger partial charge on any atom is 0.322 e. The largest absolute Gasteiger partial charge is 0.360 e. The summed E-state index contributed by atoms with van der Waals surface area (Å²) in [4.78, 5) is 25.7. The van der Waals surface area contributed by atoms with Gasteiger partial charge in [0, 0.05) is 37.1 Å². The van der Waals surface area contributed by atoms with Gasteiger partial charge in [-0.15, -0.1) is 0 Å². The number of nitrogens with one attached hydrogen (secondary N) is 1. The molecule has 0 spiro atoms. The monoisotopic (exact) mass is 393 g/mol. The first-order valence-electron chi connectivity index (χ1n) is 8.47. The summed E-state index contributed by atoms with van der Waals surface area (Å²) in [5.74, 6) is 1.64. The second-order valence-corrected chi connectivity index (χ2v) is 7.10. The van der Waals surface area contributed by atoms with Crippen molar-refractivity contribution in [3.8, 4) is 0 Å². The summed E-state index contributed by atoms with van der Waals surface area (Å²) < 4.78 is 0. The number of benzene rings is 1. The Hall–Kier alpha value is -2.05. The first-order valence-corrected chi connectivity index (χ1v) is 9.23. The summed E-state index contributed by atoms with van der Waals surface area (Å²) in [5.41, 5.74) is 2.56. The normalized spacial score (nSPS) is 13.3. The molecule has 0 unspecified atom stereocenters. The van der Waals surface area contributed by atoms with Crippen LogP contribution in [-0.2, 0) is 13.0 Å². The summed E-state index contributed by atoms with van der Waals surface area (Å²) in [6, 6.07) is 4.79. The first kappa shape index (κ1) is 18.7. The fourth-order valence-corrected chi connectivity index (χ4v) is 3.40. The third-order valence-corrected chi connectivity index (χ3v) is 4.99. The molecule has 0 aliphatic carbocycles. The number of carbonyl (C=O) groups excluding carboxylic acids is 1. The van der Waals surface area contributed by atoms with E-state index in [1.54, 1.807) is 23.1 Å². The molecular weight excluding hydrogens is 373 g/mol. The van der Waals surface area contributed by atoms with E-state index in [0.29, 0.717) is 35.2 Å². The van der Waals surface area contributed by atoms with Crippen molar-refractivity contribution in [2.24, 2.45) is 0 Å². The average Bonchev–Trinajstić information content (AvgIpc) is 2.62. The molecule has 0 fully saturated rings. The van der Waals surface area contributed by atoms with Gasteiger partial charge in [0.05, 0.1) is 22.9 Å². The van der Waals surface area contributed by atoms with Crippen molar-refractivity contribution in [2.45, 2.75) is 26.8 Å². The van der Waals surface area contributed by atoms with Crippen molar-refractivity contribution in [3.05, 3.63) is 45.3 Å². The zero-order chi connectivity index (χ0) is 18.8. The lowest BCUT2D eigenvalue weighted by atomic mass is 10.1. The standard InChI is InChI=1S/C18H21Cl2N5O/c1-4-24(3)17-13-10-25(8-7-15(13)21-11(2)22-17)18(26)23-16-6-5-12(19)9-14(16)20/h5-6,9H,4,7-8,10H2,1-3H3,(H,23,26). The van der Waals surface area contributed by atoms with E-state index in [4.69, 9.17) is 23.2 Å². The molecule has 1 aliphatic heterocycles. The summed E-state index contributed by atoms with van der Waals surface area (Å²) in [7, 11) is 1.99. The summed E-state index contributed by atoms with van der Waals surface area (Å²) in [6.07, 6.45) is 0.699. The minimum absolute atomic E-state index is 0.203. The van der Waals surface area contributed by atoms with Gasteiger partial charge in [-0.1, -0.05) is 23.2 Å². The Morgan fingerprint density at radius 2 is 2.12 bits per heavy atom. The second kappa shape index (κ2) is 7.68. The van der Waals surface area contributed by atoms with Gasteiger partial charge >= 0.3 is 6.03 Å². The maximum absolute atomic E-state index is 12.7. The molecular formula is C18H21Cl2N5O. The number of rotatable bonds is 3. The molecule has 0 bridgehead atoms. The molecule has 1 aliphatic rings. The van der Waals surface area contributed by atoms with Gasteiger partial charge in [-0.05, 0) is 32.0 Å². The Morgan fingerprint density at radius 3 is 2.81 bits per heavy atom. The summed E-state index contributed by atoms with van der Waals surface area (Å²) in [6.45, 7) is 5.85. The zero-order valence-electron chi connectivity index (χ0n) is 15.0. The van der Waals surface area contributed by atoms with Crippen molar-refractivity contribution in [2.75, 3.05) is 30.4 Å². The third kappa shape index (κ3) is 3.86. The molecule has 2 amide bonds. The van der Waals surface area contributed by atoms with E-state index >= 15 is 0 Å². The number of hydrogen-bond donors (Lipinski definition) is 1. The van der Waals surface area contributed by atoms with Gasteiger partial charge in [0.2, 0.25) is 0 Å². The van der Waals surface area contributed by atoms with Crippen LogP contribution in [0.3, 0.4) is 0 Å². The molecule has 6 nitrogen and oxygen atoms in total. The average molecular weight is 394 g/mol. The molecule has 8 heteroatoms. The molecule has 1 N–H and O–H groups in total. The molecule has 3 rings (SSSR count). The number of amides is 2. The highest BCUT2D eigenvalue weighted by atomic mass is 35.5. The lowest BCUT2D eigenvalue weighted by Gasteiger charge is -2.31. The first-order chi connectivity index (χ1) is 12.4. The number of carbonyl (C=O) groups is 1. The van der Waals surface area contributed by atoms with E-state index in [1.807, 2.05) is 14.0 Å². The van der Waals surface area contributed by atoms with E-state index in [1.165, 1.54) is 0 Å². The van der Waals surface area contributed by atoms with Gasteiger partial charge < -0.3 is 15.1 Å². The van der Waals surface area contributed by atoms with Crippen LogP contribution in [0.5, 0.6) is 0 Å². The molecule has 2 heterocycles. The number of urea groups is 1. The van der Waals surface area contributed by atoms with E-state index in [2.05, 4.69) is 27.1 Å². The second-order valence-electron chi connectivity index (χ2n) is 6.26. The van der Waals surface area contributed by atoms with Crippen LogP contribution in [0.2, 0.25) is 10.0 Å². The molecule has 0 radical (unpaired) electrons. The number of halogens is 2. The van der Waals surface area contributed by atoms with E-state index in [-0.39, 0.29) is 6.03 Å². The Kier molecular flexibility index (Phi) is 5.53. The minimum Gasteiger partial charge on any atom is -0.360 e. The topological polar surface area (TPSA) is 61.4 Å². The Balaban J connectivity index is 1.82. The van der Waals surface area contributed by atoms with Crippen LogP contribution in [-0.4, -0.2) is 41.0 Å². The molecule has 1 aromatic carbocycles. The van der Waals surface area contributed by atoms with Crippen LogP contribution in [0.25, 0.3) is 0 Å². The highest BCUT2D eigenvalue weighted by molar-refractivity contribution is 6.36. The molecule has 26 heavy (non-hydrogen) atoms. The highest BCUT2D eigenvalue weighted by Gasteiger charge is 2.26. The summed E-state index contributed by atoms with van der Waals surface area (Å²) in [5, 5.41) is 3.79. The Labute approximate surface area is 163 Å². The van der Waals surface area contributed by atoms with Crippen molar-refractivity contribution >= 4 is 40.7 Å². The van der Waals surface area contributed by atoms with Crippen molar-refractivity contribution in [3.63, 3.8) is 0 Å². The number of hydrogen-bond acceptors (Lipinski definition) is 4. The Bertz CT molecular complexity index is 843. The minimum atomic E-state index is -0.203. The highest BCUT2D eigenvalue weighted by Crippen LogP contribution is 2.28. The number of anilines is 2. The smallest absolute Gasteiger partial charge is 0.322 e. The lowest BCUT2D eigenvalue weighted by molar-refractivity contribution is 0.206. The summed E-state index contributed by atoms with van der Waals surface area (Å²) >= 11 is 12.1. The molecule has 1 aromatic heterocycles. The van der Waals surface area contributed by atoms with Crippen LogP contribution >= 0.6 is 23.2 Å². The molecule has 2 aromatic rings. The van der Waals surface area contributed by atoms with Crippen LogP contribution in [0, 0.1) is 6.92 Å². The van der Waals surface area contributed by atoms with Crippen molar-refractivity contribution < 1.29 is 4.79 Å². The van der Waals surface area contributed by atoms with Gasteiger partial charge in [0.25, 0.3) is 0 Å². The van der Waals surface area contributed by atoms with Gasteiger partial charge in [-0.3, -0.25) is 0 Å². The quantitative estimate of drug-likeness (QED) is 0.850. The molecule has 0 saturated heterocycles. The third-order valence-electron chi connectivity index (χ3n) is 4.45. The van der Waals surface area contributed by atoms with Gasteiger partial charge in [-0.25, -0.2) is 14.8 Å². The van der Waals surface area contributed by atoms with Crippen LogP contribution in [0.1, 0.15) is 24.0 Å². The van der Waals surface area contributed by atoms with Crippen LogP contribution in [0.15, 0.2) is 18.2 Å². The Morgan fingerprint density at radius 1 is 1.35 bits per heavy atom. The number of fused-ring (bicyclic) bond motifs is 1. The molecule has 138 valence electrons. The molecule has 0 saturated carbocycles. The number of aryl methyl sites for hydroxylation is 1. The predicted molar refractivity (Wildman–Crippen MR) is 105 cm³/mol. The maximum atomic E-state index is 12.7. The van der Waals surface area contributed by atoms with Crippen LogP contribution < -0.4 is 10.2 Å². The van der Waals surface area contributed by atoms with Crippen molar-refractivity contribution in [1.29, 1.82) is 0 Å². The number of nitrogens with zero attached hydrogens (tertiary/aromatic N) is 4. The van der Waals surface area contributed by atoms with E-state index in [9.17, 15) is 4.79 Å². The fourth-order valence-electron chi connectivity index (χ4n) is 2.94. The lowest BCUT2D eigenvalue weighted by Crippen LogP contribution is -2.40. The van der Waals surface area contributed by atoms with Gasteiger partial charge in [0.15, 0.2) is 0 Å². The van der Waals surface area contributed by atoms with E-state index < -0.39 is 0 Å². The van der Waals surface area contributed by atoms with Crippen LogP contribution in [0.4, 0.5) is 16.3 Å². The molecule has 0 atom stereocenters. The van der Waals surface area contributed by atoms with Crippen molar-refractivity contribution in [1.82, 2.24) is 14.9 Å². The fraction of sp³-hybridized carbons (Fsp3) is 0.389. The SMILES string of the molecule is CCN(C)c1nc(C)nc2c1CN(C(=O)Nc1ccc(Cl)cc1Cl)CC2.